The summed E-state index contributed by atoms with van der Waals surface area (Å²) in [6, 6.07) is 13.6. The van der Waals surface area contributed by atoms with Crippen molar-refractivity contribution in [2.24, 2.45) is 5.73 Å². The monoisotopic (exact) mass is 367 g/mol. The van der Waals surface area contributed by atoms with Crippen molar-refractivity contribution < 1.29 is 14.3 Å². The van der Waals surface area contributed by atoms with Crippen LogP contribution in [0.5, 0.6) is 0 Å². The number of nitrogens with zero attached hydrogens (tertiary/aromatic N) is 2. The van der Waals surface area contributed by atoms with Crippen molar-refractivity contribution >= 4 is 29.3 Å². The summed E-state index contributed by atoms with van der Waals surface area (Å²) in [5, 5.41) is 6.61. The molecule has 0 radical (unpaired) electrons. The van der Waals surface area contributed by atoms with Gasteiger partial charge in [-0.25, -0.2) is 9.48 Å². The lowest BCUT2D eigenvalue weighted by Crippen LogP contribution is -2.29. The molecule has 3 rings (SSSR count). The smallest absolute Gasteiger partial charge is 0.331 e. The van der Waals surface area contributed by atoms with Crippen molar-refractivity contribution in [1.29, 1.82) is 0 Å². The topological polar surface area (TPSA) is 87.2 Å². The van der Waals surface area contributed by atoms with Crippen LogP contribution in [0.25, 0.3) is 22.3 Å². The third-order valence-electron chi connectivity index (χ3n) is 3.61. The Bertz CT molecular complexity index is 930. The van der Waals surface area contributed by atoms with Crippen LogP contribution in [0, 0.1) is 0 Å². The zero-order chi connectivity index (χ0) is 18.5. The molecule has 0 saturated heterocycles. The number of esters is 1. The number of hydrogen-bond donors (Lipinski definition) is 1. The average Bonchev–Trinajstić information content (AvgIpc) is 3.30. The molecule has 2 aromatic heterocycles. The van der Waals surface area contributed by atoms with Gasteiger partial charge >= 0.3 is 5.97 Å². The highest BCUT2D eigenvalue weighted by molar-refractivity contribution is 7.13. The number of thiophene rings is 1. The van der Waals surface area contributed by atoms with E-state index < -0.39 is 18.0 Å². The molecule has 1 amide bonds. The Kier molecular flexibility index (Phi) is 5.28. The van der Waals surface area contributed by atoms with Gasteiger partial charge in [0.05, 0.1) is 10.6 Å². The molecular formula is C19H17N3O3S. The number of rotatable bonds is 6. The summed E-state index contributed by atoms with van der Waals surface area (Å²) in [6.07, 6.45) is 3.75. The Morgan fingerprint density at radius 1 is 1.23 bits per heavy atom. The lowest BCUT2D eigenvalue weighted by molar-refractivity contribution is -0.148. The summed E-state index contributed by atoms with van der Waals surface area (Å²) < 4.78 is 6.69. The van der Waals surface area contributed by atoms with E-state index in [4.69, 9.17) is 10.5 Å². The molecule has 0 aliphatic carbocycles. The highest BCUT2D eigenvalue weighted by atomic mass is 32.1. The van der Waals surface area contributed by atoms with Crippen LogP contribution in [0.1, 0.15) is 12.5 Å². The third-order valence-corrected chi connectivity index (χ3v) is 4.49. The molecule has 0 aliphatic rings. The zero-order valence-electron chi connectivity index (χ0n) is 14.0. The van der Waals surface area contributed by atoms with Crippen LogP contribution in [0.15, 0.2) is 60.1 Å². The van der Waals surface area contributed by atoms with Crippen LogP contribution in [0.4, 0.5) is 0 Å². The Morgan fingerprint density at radius 3 is 2.65 bits per heavy atom. The second-order valence-corrected chi connectivity index (χ2v) is 6.45. The number of para-hydroxylation sites is 1. The lowest BCUT2D eigenvalue weighted by Gasteiger charge is -2.06. The predicted molar refractivity (Wildman–Crippen MR) is 101 cm³/mol. The van der Waals surface area contributed by atoms with Crippen LogP contribution >= 0.6 is 11.3 Å². The van der Waals surface area contributed by atoms with Crippen molar-refractivity contribution in [3.8, 4) is 16.3 Å². The number of primary amides is 1. The molecule has 2 heterocycles. The van der Waals surface area contributed by atoms with Crippen molar-refractivity contribution in [2.45, 2.75) is 13.0 Å². The molecule has 3 aromatic rings. The van der Waals surface area contributed by atoms with E-state index in [0.717, 1.165) is 21.8 Å². The Balaban J connectivity index is 1.90. The standard InChI is InChI=1S/C19H17N3O3S/c1-13(19(20)24)25-17(23)10-9-14-12-22(15-6-3-2-4-7-15)21-18(14)16-8-5-11-26-16/h2-13H,1H3,(H2,20,24)/b10-9+/t13-/m1/s1. The van der Waals surface area contributed by atoms with Gasteiger partial charge in [0, 0.05) is 17.8 Å². The summed E-state index contributed by atoms with van der Waals surface area (Å²) >= 11 is 1.56. The number of hydrogen-bond acceptors (Lipinski definition) is 5. The maximum absolute atomic E-state index is 11.9. The number of carbonyl (C=O) groups is 2. The van der Waals surface area contributed by atoms with Crippen molar-refractivity contribution in [3.05, 3.63) is 65.7 Å². The molecule has 26 heavy (non-hydrogen) atoms. The highest BCUT2D eigenvalue weighted by Gasteiger charge is 2.14. The van der Waals surface area contributed by atoms with E-state index >= 15 is 0 Å². The normalized spacial score (nSPS) is 12.2. The predicted octanol–water partition coefficient (Wildman–Crippen LogP) is 3.03. The Morgan fingerprint density at radius 2 is 2.00 bits per heavy atom. The number of carbonyl (C=O) groups excluding carboxylic acids is 2. The van der Waals surface area contributed by atoms with Gasteiger partial charge in [0.2, 0.25) is 0 Å². The Hall–Kier alpha value is -3.19. The SMILES string of the molecule is C[C@@H](OC(=O)/C=C/c1cn(-c2ccccc2)nc1-c1cccs1)C(N)=O. The minimum absolute atomic E-state index is 0.638. The van der Waals surface area contributed by atoms with E-state index in [1.807, 2.05) is 54.0 Å². The van der Waals surface area contributed by atoms with Gasteiger partial charge in [-0.15, -0.1) is 11.3 Å². The highest BCUT2D eigenvalue weighted by Crippen LogP contribution is 2.28. The molecular weight excluding hydrogens is 350 g/mol. The molecule has 0 aliphatic heterocycles. The summed E-state index contributed by atoms with van der Waals surface area (Å²) in [6.45, 7) is 1.43. The van der Waals surface area contributed by atoms with Gasteiger partial charge in [0.1, 0.15) is 5.69 Å². The number of nitrogens with two attached hydrogens (primary N) is 1. The summed E-state index contributed by atoms with van der Waals surface area (Å²) in [5.74, 6) is -1.33. The van der Waals surface area contributed by atoms with Crippen LogP contribution in [-0.2, 0) is 14.3 Å². The molecule has 0 spiro atoms. The van der Waals surface area contributed by atoms with E-state index in [-0.39, 0.29) is 0 Å². The summed E-state index contributed by atoms with van der Waals surface area (Å²) in [5.41, 5.74) is 7.53. The van der Waals surface area contributed by atoms with E-state index in [1.165, 1.54) is 13.0 Å². The van der Waals surface area contributed by atoms with Crippen LogP contribution < -0.4 is 5.73 Å². The van der Waals surface area contributed by atoms with E-state index in [9.17, 15) is 9.59 Å². The van der Waals surface area contributed by atoms with Gasteiger partial charge in [-0.3, -0.25) is 4.79 Å². The molecule has 7 heteroatoms. The first kappa shape index (κ1) is 17.6. The molecule has 2 N–H and O–H groups in total. The molecule has 0 bridgehead atoms. The van der Waals surface area contributed by atoms with Crippen molar-refractivity contribution in [3.63, 3.8) is 0 Å². The fourth-order valence-electron chi connectivity index (χ4n) is 2.26. The number of ether oxygens (including phenoxy) is 1. The summed E-state index contributed by atoms with van der Waals surface area (Å²) in [4.78, 5) is 23.8. The first-order chi connectivity index (χ1) is 12.5. The van der Waals surface area contributed by atoms with Crippen molar-refractivity contribution in [1.82, 2.24) is 9.78 Å². The first-order valence-corrected chi connectivity index (χ1v) is 8.79. The quantitative estimate of drug-likeness (QED) is 0.536. The van der Waals surface area contributed by atoms with Gasteiger partial charge in [-0.1, -0.05) is 24.3 Å². The molecule has 0 fully saturated rings. The van der Waals surface area contributed by atoms with E-state index in [1.54, 1.807) is 22.1 Å². The van der Waals surface area contributed by atoms with Gasteiger partial charge in [0.25, 0.3) is 5.91 Å². The lowest BCUT2D eigenvalue weighted by atomic mass is 10.2. The van der Waals surface area contributed by atoms with Gasteiger partial charge in [0.15, 0.2) is 6.10 Å². The van der Waals surface area contributed by atoms with Gasteiger partial charge in [-0.05, 0) is 36.6 Å². The molecule has 132 valence electrons. The number of aromatic nitrogens is 2. The van der Waals surface area contributed by atoms with Crippen LogP contribution in [0.3, 0.4) is 0 Å². The average molecular weight is 367 g/mol. The Labute approximate surface area is 154 Å². The minimum Gasteiger partial charge on any atom is -0.449 e. The maximum Gasteiger partial charge on any atom is 0.331 e. The second-order valence-electron chi connectivity index (χ2n) is 5.51. The largest absolute Gasteiger partial charge is 0.449 e. The van der Waals surface area contributed by atoms with Crippen molar-refractivity contribution in [2.75, 3.05) is 0 Å². The van der Waals surface area contributed by atoms with Gasteiger partial charge < -0.3 is 10.5 Å². The number of benzene rings is 1. The fourth-order valence-corrected chi connectivity index (χ4v) is 2.99. The maximum atomic E-state index is 11.9. The molecule has 1 aromatic carbocycles. The zero-order valence-corrected chi connectivity index (χ0v) is 14.8. The van der Waals surface area contributed by atoms with Crippen LogP contribution in [0.2, 0.25) is 0 Å². The van der Waals surface area contributed by atoms with Crippen LogP contribution in [-0.4, -0.2) is 27.8 Å². The van der Waals surface area contributed by atoms with Gasteiger partial charge in [-0.2, -0.15) is 5.10 Å². The molecule has 0 saturated carbocycles. The third kappa shape index (κ3) is 4.07. The van der Waals surface area contributed by atoms with E-state index in [0.29, 0.717) is 0 Å². The summed E-state index contributed by atoms with van der Waals surface area (Å²) in [7, 11) is 0. The minimum atomic E-state index is -0.976. The van der Waals surface area contributed by atoms with E-state index in [2.05, 4.69) is 5.10 Å². The molecule has 1 atom stereocenters. The second kappa shape index (κ2) is 7.79. The molecule has 6 nitrogen and oxygen atoms in total. The molecule has 0 unspecified atom stereocenters. The number of amides is 1. The fraction of sp³-hybridized carbons (Fsp3) is 0.105. The first-order valence-electron chi connectivity index (χ1n) is 7.91.